The van der Waals surface area contributed by atoms with Crippen molar-refractivity contribution < 1.29 is 13.9 Å². The lowest BCUT2D eigenvalue weighted by atomic mass is 9.78. The van der Waals surface area contributed by atoms with Gasteiger partial charge in [-0.3, -0.25) is 0 Å². The zero-order chi connectivity index (χ0) is 14.6. The smallest absolute Gasteiger partial charge is 0.264 e. The zero-order valence-electron chi connectivity index (χ0n) is 12.0. The minimum Gasteiger partial charge on any atom is -0.385 e. The summed E-state index contributed by atoms with van der Waals surface area (Å²) < 4.78 is 26.2. The fraction of sp³-hybridized carbons (Fsp3) is 0.600. The molecule has 0 heterocycles. The number of aliphatic hydroxyl groups is 1. The Kier molecular flexibility index (Phi) is 5.44. The van der Waals surface area contributed by atoms with Crippen LogP contribution in [-0.4, -0.2) is 30.6 Å². The Hall–Kier alpha value is -1.00. The van der Waals surface area contributed by atoms with Crippen LogP contribution < -0.4 is 0 Å². The van der Waals surface area contributed by atoms with Gasteiger partial charge in [0.1, 0.15) is 0 Å². The van der Waals surface area contributed by atoms with E-state index in [4.69, 9.17) is 0 Å². The molecule has 0 saturated heterocycles. The van der Waals surface area contributed by atoms with E-state index in [-0.39, 0.29) is 11.5 Å². The second kappa shape index (κ2) is 6.44. The highest BCUT2D eigenvalue weighted by Crippen LogP contribution is 2.38. The Morgan fingerprint density at radius 3 is 2.32 bits per heavy atom. The Labute approximate surface area is 114 Å². The van der Waals surface area contributed by atoms with Crippen molar-refractivity contribution >= 4 is 0 Å². The van der Waals surface area contributed by atoms with Gasteiger partial charge in [-0.1, -0.05) is 38.1 Å². The molecule has 2 nitrogen and oxygen atoms in total. The molecule has 1 aromatic carbocycles. The number of hydrogen-bond donors (Lipinski definition) is 1. The second-order valence-electron chi connectivity index (χ2n) is 5.33. The molecule has 1 aromatic rings. The van der Waals surface area contributed by atoms with E-state index in [1.807, 2.05) is 32.8 Å². The maximum Gasteiger partial charge on any atom is 0.264 e. The quantitative estimate of drug-likeness (QED) is 0.857. The summed E-state index contributed by atoms with van der Waals surface area (Å²) in [6, 6.07) is 6.28. The number of rotatable bonds is 6. The van der Waals surface area contributed by atoms with Crippen LogP contribution in [-0.2, 0) is 5.60 Å². The van der Waals surface area contributed by atoms with Crippen LogP contribution in [0.25, 0.3) is 0 Å². The van der Waals surface area contributed by atoms with Crippen molar-refractivity contribution in [1.82, 2.24) is 4.90 Å². The summed E-state index contributed by atoms with van der Waals surface area (Å²) in [5.41, 5.74) is -0.948. The maximum atomic E-state index is 13.1. The van der Waals surface area contributed by atoms with Crippen molar-refractivity contribution in [2.75, 3.05) is 20.6 Å². The van der Waals surface area contributed by atoms with Gasteiger partial charge < -0.3 is 10.0 Å². The van der Waals surface area contributed by atoms with E-state index >= 15 is 0 Å². The lowest BCUT2D eigenvalue weighted by molar-refractivity contribution is -0.0322. The van der Waals surface area contributed by atoms with Gasteiger partial charge in [0.2, 0.25) is 0 Å². The number of hydrogen-bond acceptors (Lipinski definition) is 2. The molecule has 0 bridgehead atoms. The van der Waals surface area contributed by atoms with Crippen molar-refractivity contribution in [2.24, 2.45) is 5.92 Å². The third-order valence-corrected chi connectivity index (χ3v) is 3.66. The van der Waals surface area contributed by atoms with E-state index in [0.29, 0.717) is 18.5 Å². The molecule has 1 rings (SSSR count). The predicted molar refractivity (Wildman–Crippen MR) is 73.3 cm³/mol. The normalized spacial score (nSPS) is 16.7. The molecular formula is C15H23F2NO. The summed E-state index contributed by atoms with van der Waals surface area (Å²) in [5.74, 6) is -0.132. The molecule has 108 valence electrons. The molecular weight excluding hydrogens is 248 g/mol. The molecule has 0 saturated carbocycles. The molecule has 0 aliphatic carbocycles. The van der Waals surface area contributed by atoms with Gasteiger partial charge in [0.25, 0.3) is 6.43 Å². The van der Waals surface area contributed by atoms with Crippen LogP contribution in [0, 0.1) is 5.92 Å². The summed E-state index contributed by atoms with van der Waals surface area (Å²) >= 11 is 0. The van der Waals surface area contributed by atoms with Gasteiger partial charge in [-0.2, -0.15) is 0 Å². The number of benzene rings is 1. The van der Waals surface area contributed by atoms with Crippen LogP contribution in [0.15, 0.2) is 24.3 Å². The fourth-order valence-corrected chi connectivity index (χ4v) is 2.58. The van der Waals surface area contributed by atoms with Gasteiger partial charge >= 0.3 is 0 Å². The van der Waals surface area contributed by atoms with Crippen LogP contribution in [0.1, 0.15) is 37.8 Å². The van der Waals surface area contributed by atoms with Gasteiger partial charge in [-0.05, 0) is 26.1 Å². The minimum absolute atomic E-state index is 0.0718. The first kappa shape index (κ1) is 16.1. The maximum absolute atomic E-state index is 13.1. The van der Waals surface area contributed by atoms with Crippen LogP contribution in [0.5, 0.6) is 0 Å². The highest BCUT2D eigenvalue weighted by atomic mass is 19.3. The molecule has 4 heteroatoms. The monoisotopic (exact) mass is 271 g/mol. The molecule has 0 aromatic heterocycles. The first-order valence-electron chi connectivity index (χ1n) is 6.57. The van der Waals surface area contributed by atoms with Gasteiger partial charge in [-0.25, -0.2) is 8.78 Å². The van der Waals surface area contributed by atoms with E-state index in [0.717, 1.165) is 0 Å². The summed E-state index contributed by atoms with van der Waals surface area (Å²) in [5, 5.41) is 10.9. The van der Waals surface area contributed by atoms with Gasteiger partial charge in [-0.15, -0.1) is 0 Å². The topological polar surface area (TPSA) is 23.5 Å². The largest absolute Gasteiger partial charge is 0.385 e. The van der Waals surface area contributed by atoms with Crippen molar-refractivity contribution in [3.8, 4) is 0 Å². The molecule has 0 fully saturated rings. The predicted octanol–water partition coefficient (Wildman–Crippen LogP) is 3.42. The summed E-state index contributed by atoms with van der Waals surface area (Å²) in [7, 11) is 3.82. The first-order valence-corrected chi connectivity index (χ1v) is 6.57. The van der Waals surface area contributed by atoms with E-state index in [2.05, 4.69) is 0 Å². The van der Waals surface area contributed by atoms with E-state index in [9.17, 15) is 13.9 Å². The van der Waals surface area contributed by atoms with Crippen LogP contribution >= 0.6 is 0 Å². The summed E-state index contributed by atoms with van der Waals surface area (Å²) in [4.78, 5) is 1.95. The van der Waals surface area contributed by atoms with Crippen molar-refractivity contribution in [1.29, 1.82) is 0 Å². The molecule has 0 spiro atoms. The Morgan fingerprint density at radius 1 is 1.26 bits per heavy atom. The zero-order valence-corrected chi connectivity index (χ0v) is 12.0. The average molecular weight is 271 g/mol. The van der Waals surface area contributed by atoms with Gasteiger partial charge in [0.15, 0.2) is 0 Å². The van der Waals surface area contributed by atoms with E-state index in [1.54, 1.807) is 18.2 Å². The first-order chi connectivity index (χ1) is 8.82. The molecule has 0 aliphatic heterocycles. The highest BCUT2D eigenvalue weighted by molar-refractivity contribution is 5.34. The summed E-state index contributed by atoms with van der Waals surface area (Å²) in [6.45, 7) is 4.36. The van der Waals surface area contributed by atoms with E-state index in [1.165, 1.54) is 6.07 Å². The lowest BCUT2D eigenvalue weighted by Gasteiger charge is -2.36. The number of nitrogens with zero attached hydrogens (tertiary/aromatic N) is 1. The molecule has 2 unspecified atom stereocenters. The Bertz CT molecular complexity index is 409. The molecule has 2 atom stereocenters. The molecule has 0 radical (unpaired) electrons. The average Bonchev–Trinajstić information content (AvgIpc) is 2.36. The number of alkyl halides is 2. The van der Waals surface area contributed by atoms with Crippen molar-refractivity contribution in [2.45, 2.75) is 32.3 Å². The molecule has 0 aliphatic rings. The Morgan fingerprint density at radius 2 is 1.84 bits per heavy atom. The molecule has 19 heavy (non-hydrogen) atoms. The van der Waals surface area contributed by atoms with Crippen LogP contribution in [0.2, 0.25) is 0 Å². The number of halogens is 2. The van der Waals surface area contributed by atoms with Crippen LogP contribution in [0.4, 0.5) is 8.78 Å². The Balaban J connectivity index is 3.21. The second-order valence-corrected chi connectivity index (χ2v) is 5.33. The van der Waals surface area contributed by atoms with Crippen molar-refractivity contribution in [3.63, 3.8) is 0 Å². The lowest BCUT2D eigenvalue weighted by Crippen LogP contribution is -2.39. The SMILES string of the molecule is CCC(O)(c1ccccc1C(F)F)C(C)CN(C)C. The standard InChI is InChI=1S/C15H23F2NO/c1-5-15(19,11(2)10-18(3)4)13-9-7-6-8-12(13)14(16)17/h6-9,11,14,19H,5,10H2,1-4H3. The van der Waals surface area contributed by atoms with Gasteiger partial charge in [0, 0.05) is 18.0 Å². The molecule has 1 N–H and O–H groups in total. The fourth-order valence-electron chi connectivity index (χ4n) is 2.58. The van der Waals surface area contributed by atoms with E-state index < -0.39 is 12.0 Å². The van der Waals surface area contributed by atoms with Crippen LogP contribution in [0.3, 0.4) is 0 Å². The van der Waals surface area contributed by atoms with Crippen molar-refractivity contribution in [3.05, 3.63) is 35.4 Å². The third-order valence-electron chi connectivity index (χ3n) is 3.66. The highest BCUT2D eigenvalue weighted by Gasteiger charge is 2.37. The van der Waals surface area contributed by atoms with Gasteiger partial charge in [0.05, 0.1) is 5.60 Å². The minimum atomic E-state index is -2.57. The summed E-state index contributed by atoms with van der Waals surface area (Å²) in [6.07, 6.45) is -2.16. The molecule has 0 amide bonds. The third kappa shape index (κ3) is 3.51.